The minimum atomic E-state index is -5.86. The van der Waals surface area contributed by atoms with Gasteiger partial charge in [-0.15, -0.1) is 10.2 Å². The van der Waals surface area contributed by atoms with Gasteiger partial charge in [0.1, 0.15) is 6.07 Å². The molecule has 2 aromatic heterocycles. The number of ether oxygens (including phenoxy) is 1. The second kappa shape index (κ2) is 9.07. The topological polar surface area (TPSA) is 147 Å². The van der Waals surface area contributed by atoms with E-state index in [1.807, 2.05) is 4.98 Å². The number of alkyl halides is 6. The van der Waals surface area contributed by atoms with E-state index < -0.39 is 68.0 Å². The minimum Gasteiger partial charge on any atom is -0.434 e. The third-order valence-electron chi connectivity index (χ3n) is 4.14. The Bertz CT molecular complexity index is 1480. The Kier molecular flexibility index (Phi) is 6.68. The quantitative estimate of drug-likeness (QED) is 0.481. The van der Waals surface area contributed by atoms with Crippen molar-refractivity contribution in [1.82, 2.24) is 25.0 Å². The maximum atomic E-state index is 13.0. The van der Waals surface area contributed by atoms with Crippen LogP contribution in [-0.2, 0) is 0 Å². The Hall–Kier alpha value is -3.84. The third kappa shape index (κ3) is 5.30. The molecule has 0 spiro atoms. The third-order valence-corrected chi connectivity index (χ3v) is 4.70. The molecule has 0 aliphatic carbocycles. The predicted molar refractivity (Wildman–Crippen MR) is 105 cm³/mol. The summed E-state index contributed by atoms with van der Waals surface area (Å²) >= 11 is 12.0. The molecule has 0 atom stereocenters. The molecule has 0 radical (unpaired) electrons. The van der Waals surface area contributed by atoms with Crippen molar-refractivity contribution in [2.45, 2.75) is 18.3 Å². The van der Waals surface area contributed by atoms with E-state index in [0.29, 0.717) is 4.68 Å². The Balaban J connectivity index is 2.07. The molecule has 35 heavy (non-hydrogen) atoms. The summed E-state index contributed by atoms with van der Waals surface area (Å²) in [4.78, 5) is 37.0. The summed E-state index contributed by atoms with van der Waals surface area (Å²) in [6.45, 7) is 0. The molecule has 0 saturated heterocycles. The van der Waals surface area contributed by atoms with Gasteiger partial charge in [0.15, 0.2) is 11.7 Å². The lowest BCUT2D eigenvalue weighted by atomic mass is 10.00. The number of benzene rings is 1. The highest BCUT2D eigenvalue weighted by Gasteiger charge is 2.58. The van der Waals surface area contributed by atoms with Gasteiger partial charge in [0, 0.05) is 11.6 Å². The van der Waals surface area contributed by atoms with Gasteiger partial charge in [0.25, 0.3) is 11.1 Å². The molecule has 18 heteroatoms. The van der Waals surface area contributed by atoms with Crippen LogP contribution in [0, 0.1) is 11.3 Å². The van der Waals surface area contributed by atoms with Crippen LogP contribution in [0.15, 0.2) is 32.6 Å². The van der Waals surface area contributed by atoms with Gasteiger partial charge in [-0.1, -0.05) is 23.2 Å². The summed E-state index contributed by atoms with van der Waals surface area (Å²) in [6, 6.07) is 3.51. The predicted octanol–water partition coefficient (Wildman–Crippen LogP) is 3.18. The second-order valence-electron chi connectivity index (χ2n) is 6.48. The van der Waals surface area contributed by atoms with Crippen LogP contribution < -0.4 is 21.5 Å². The number of nitrogens with zero attached hydrogens (tertiary/aromatic N) is 4. The molecule has 10 nitrogen and oxygen atoms in total. The van der Waals surface area contributed by atoms with E-state index in [1.165, 1.54) is 11.2 Å². The molecule has 0 saturated carbocycles. The fourth-order valence-electron chi connectivity index (χ4n) is 2.73. The van der Waals surface area contributed by atoms with Gasteiger partial charge in [-0.05, 0) is 12.1 Å². The Morgan fingerprint density at radius 1 is 1.00 bits per heavy atom. The normalized spacial score (nSPS) is 12.0. The van der Waals surface area contributed by atoms with E-state index in [-0.39, 0.29) is 11.8 Å². The van der Waals surface area contributed by atoms with Gasteiger partial charge < -0.3 is 4.74 Å². The van der Waals surface area contributed by atoms with E-state index in [1.54, 1.807) is 0 Å². The van der Waals surface area contributed by atoms with E-state index in [9.17, 15) is 40.7 Å². The zero-order valence-electron chi connectivity index (χ0n) is 16.3. The number of hydrogen-bond acceptors (Lipinski definition) is 7. The summed E-state index contributed by atoms with van der Waals surface area (Å²) in [7, 11) is 0. The van der Waals surface area contributed by atoms with Crippen LogP contribution in [0.5, 0.6) is 11.6 Å². The Morgan fingerprint density at radius 3 is 2.09 bits per heavy atom. The van der Waals surface area contributed by atoms with Crippen molar-refractivity contribution in [3.05, 3.63) is 70.7 Å². The fourth-order valence-corrected chi connectivity index (χ4v) is 3.28. The number of rotatable bonds is 4. The van der Waals surface area contributed by atoms with Crippen molar-refractivity contribution < 1.29 is 31.1 Å². The molecule has 2 N–H and O–H groups in total. The van der Waals surface area contributed by atoms with Crippen LogP contribution >= 0.6 is 23.2 Å². The standard InChI is InChI=1S/C17H6Cl2F6N6O4/c18-7-1-5(31-15(34)27-14(33)9(4-26)30-31)2-8(19)11(7)35-10-3-6(13(32)29-28-10)12(16(20,21)22)17(23,24)25/h1-3,12H,(H,29,32)(H,27,33,34). The van der Waals surface area contributed by atoms with E-state index in [4.69, 9.17) is 33.2 Å². The smallest absolute Gasteiger partial charge is 0.404 e. The Morgan fingerprint density at radius 2 is 1.57 bits per heavy atom. The number of nitriles is 1. The minimum absolute atomic E-state index is 0.123. The molecule has 0 amide bonds. The van der Waals surface area contributed by atoms with Gasteiger partial charge in [-0.3, -0.25) is 14.6 Å². The van der Waals surface area contributed by atoms with Crippen molar-refractivity contribution in [2.75, 3.05) is 0 Å². The molecule has 0 fully saturated rings. The first-order valence-electron chi connectivity index (χ1n) is 8.67. The molecule has 2 heterocycles. The molecule has 0 aliphatic heterocycles. The number of halogens is 8. The summed E-state index contributed by atoms with van der Waals surface area (Å²) in [5.74, 6) is -5.60. The van der Waals surface area contributed by atoms with Gasteiger partial charge in [-0.2, -0.15) is 36.3 Å². The van der Waals surface area contributed by atoms with Gasteiger partial charge in [-0.25, -0.2) is 9.89 Å². The van der Waals surface area contributed by atoms with Gasteiger partial charge in [0.05, 0.1) is 15.7 Å². The molecule has 3 rings (SSSR count). The van der Waals surface area contributed by atoms with E-state index >= 15 is 0 Å². The Labute approximate surface area is 197 Å². The molecule has 0 aliphatic rings. The van der Waals surface area contributed by atoms with Crippen LogP contribution in [0.2, 0.25) is 10.0 Å². The molecule has 184 valence electrons. The first kappa shape index (κ1) is 25.8. The highest BCUT2D eigenvalue weighted by Crippen LogP contribution is 2.46. The van der Waals surface area contributed by atoms with Crippen molar-refractivity contribution >= 4 is 23.2 Å². The van der Waals surface area contributed by atoms with E-state index in [0.717, 1.165) is 12.1 Å². The zero-order valence-corrected chi connectivity index (χ0v) is 17.8. The molecule has 0 unspecified atom stereocenters. The number of aromatic nitrogens is 5. The second-order valence-corrected chi connectivity index (χ2v) is 7.29. The van der Waals surface area contributed by atoms with Crippen LogP contribution in [0.1, 0.15) is 17.2 Å². The largest absolute Gasteiger partial charge is 0.434 e. The number of nitrogens with one attached hydrogen (secondary N) is 2. The summed E-state index contributed by atoms with van der Waals surface area (Å²) in [6.07, 6.45) is -11.7. The SMILES string of the molecule is N#Cc1nn(-c2cc(Cl)c(Oc3cc(C(C(F)(F)F)C(F)(F)F)c(=O)[nH]n3)c(Cl)c2)c(=O)[nH]c1=O. The average molecular weight is 543 g/mol. The van der Waals surface area contributed by atoms with Gasteiger partial charge in [0.2, 0.25) is 11.6 Å². The monoisotopic (exact) mass is 542 g/mol. The van der Waals surface area contributed by atoms with E-state index in [2.05, 4.69) is 10.2 Å². The molecule has 1 aromatic carbocycles. The lowest BCUT2D eigenvalue weighted by Crippen LogP contribution is -2.38. The average Bonchev–Trinajstić information content (AvgIpc) is 2.71. The summed E-state index contributed by atoms with van der Waals surface area (Å²) < 4.78 is 83.8. The first-order chi connectivity index (χ1) is 16.1. The maximum absolute atomic E-state index is 13.0. The van der Waals surface area contributed by atoms with Crippen LogP contribution in [0.4, 0.5) is 26.3 Å². The zero-order chi connectivity index (χ0) is 26.3. The molecular weight excluding hydrogens is 537 g/mol. The number of H-pyrrole nitrogens is 2. The highest BCUT2D eigenvalue weighted by atomic mass is 35.5. The van der Waals surface area contributed by atoms with Crippen molar-refractivity contribution in [3.8, 4) is 23.4 Å². The molecule has 3 aromatic rings. The maximum Gasteiger partial charge on any atom is 0.404 e. The van der Waals surface area contributed by atoms with Crippen LogP contribution in [-0.4, -0.2) is 37.3 Å². The lowest BCUT2D eigenvalue weighted by Gasteiger charge is -2.22. The first-order valence-corrected chi connectivity index (χ1v) is 9.43. The number of aromatic amines is 2. The summed E-state index contributed by atoms with van der Waals surface area (Å²) in [5, 5.41) is 16.2. The van der Waals surface area contributed by atoms with Crippen LogP contribution in [0.3, 0.4) is 0 Å². The number of hydrogen-bond donors (Lipinski definition) is 2. The fraction of sp³-hybridized carbons (Fsp3) is 0.176. The highest BCUT2D eigenvalue weighted by molar-refractivity contribution is 6.37. The van der Waals surface area contributed by atoms with Gasteiger partial charge >= 0.3 is 18.0 Å². The molecular formula is C17H6Cl2F6N6O4. The lowest BCUT2D eigenvalue weighted by molar-refractivity contribution is -0.253. The van der Waals surface area contributed by atoms with Crippen molar-refractivity contribution in [2.24, 2.45) is 0 Å². The summed E-state index contributed by atoms with van der Waals surface area (Å²) in [5.41, 5.74) is -6.55. The van der Waals surface area contributed by atoms with Crippen molar-refractivity contribution in [3.63, 3.8) is 0 Å². The molecule has 0 bridgehead atoms. The van der Waals surface area contributed by atoms with Crippen LogP contribution in [0.25, 0.3) is 5.69 Å². The van der Waals surface area contributed by atoms with Crippen molar-refractivity contribution in [1.29, 1.82) is 5.26 Å².